The van der Waals surface area contributed by atoms with Crippen molar-refractivity contribution in [3.05, 3.63) is 30.6 Å². The van der Waals surface area contributed by atoms with Gasteiger partial charge in [0, 0.05) is 0 Å². The van der Waals surface area contributed by atoms with Crippen LogP contribution >= 0.6 is 0 Å². The standard InChI is InChI=1S/C14H18N2/c1-11-6-8-12(9-7-11)16-10-15-13-4-2-3-5-14(13)16/h2-5,10-12H,6-9H2,1H3/p+1. The van der Waals surface area contributed by atoms with Gasteiger partial charge in [0.15, 0.2) is 11.0 Å². The Kier molecular flexibility index (Phi) is 2.43. The minimum absolute atomic E-state index is 0.701. The highest BCUT2D eigenvalue weighted by atomic mass is 15.1. The van der Waals surface area contributed by atoms with Crippen LogP contribution in [-0.2, 0) is 0 Å². The van der Waals surface area contributed by atoms with Crippen LogP contribution in [-0.4, -0.2) is 4.98 Å². The number of H-pyrrole nitrogens is 1. The molecule has 0 saturated heterocycles. The van der Waals surface area contributed by atoms with Crippen molar-refractivity contribution in [2.45, 2.75) is 38.6 Å². The molecule has 1 aromatic heterocycles. The van der Waals surface area contributed by atoms with Crippen molar-refractivity contribution in [3.8, 4) is 0 Å². The number of benzene rings is 1. The fourth-order valence-electron chi connectivity index (χ4n) is 2.85. The molecule has 0 unspecified atom stereocenters. The molecule has 0 atom stereocenters. The van der Waals surface area contributed by atoms with Crippen LogP contribution in [0.15, 0.2) is 30.6 Å². The first kappa shape index (κ1) is 9.88. The summed E-state index contributed by atoms with van der Waals surface area (Å²) >= 11 is 0. The number of aromatic nitrogens is 2. The van der Waals surface area contributed by atoms with Crippen molar-refractivity contribution in [1.29, 1.82) is 0 Å². The van der Waals surface area contributed by atoms with Gasteiger partial charge in [-0.2, -0.15) is 0 Å². The van der Waals surface area contributed by atoms with Gasteiger partial charge in [0.25, 0.3) is 0 Å². The highest BCUT2D eigenvalue weighted by Crippen LogP contribution is 2.29. The van der Waals surface area contributed by atoms with Gasteiger partial charge in [0.2, 0.25) is 6.33 Å². The molecule has 2 heteroatoms. The van der Waals surface area contributed by atoms with E-state index in [1.807, 2.05) is 0 Å². The first-order chi connectivity index (χ1) is 7.84. The number of imidazole rings is 1. The van der Waals surface area contributed by atoms with E-state index in [0.717, 1.165) is 5.92 Å². The average Bonchev–Trinajstić information content (AvgIpc) is 2.74. The van der Waals surface area contributed by atoms with Gasteiger partial charge in [-0.05, 0) is 43.7 Å². The molecule has 1 aliphatic carbocycles. The van der Waals surface area contributed by atoms with Gasteiger partial charge < -0.3 is 0 Å². The number of rotatable bonds is 1. The molecule has 0 radical (unpaired) electrons. The van der Waals surface area contributed by atoms with Gasteiger partial charge in [-0.25, -0.2) is 9.55 Å². The predicted octanol–water partition coefficient (Wildman–Crippen LogP) is 3.21. The third-order valence-electron chi connectivity index (χ3n) is 3.92. The van der Waals surface area contributed by atoms with Gasteiger partial charge >= 0.3 is 0 Å². The molecular weight excluding hydrogens is 196 g/mol. The number of para-hydroxylation sites is 2. The second kappa shape index (κ2) is 3.93. The van der Waals surface area contributed by atoms with Gasteiger partial charge in [-0.15, -0.1) is 0 Å². The van der Waals surface area contributed by atoms with Crippen LogP contribution in [0.4, 0.5) is 0 Å². The fourth-order valence-corrected chi connectivity index (χ4v) is 2.85. The van der Waals surface area contributed by atoms with E-state index in [9.17, 15) is 0 Å². The Morgan fingerprint density at radius 1 is 1.12 bits per heavy atom. The van der Waals surface area contributed by atoms with Crippen LogP contribution in [0.1, 0.15) is 38.6 Å². The zero-order chi connectivity index (χ0) is 11.0. The molecule has 2 aromatic rings. The van der Waals surface area contributed by atoms with E-state index in [0.29, 0.717) is 6.04 Å². The summed E-state index contributed by atoms with van der Waals surface area (Å²) in [5.41, 5.74) is 2.60. The van der Waals surface area contributed by atoms with E-state index in [1.165, 1.54) is 36.7 Å². The molecule has 3 rings (SSSR count). The van der Waals surface area contributed by atoms with E-state index in [-0.39, 0.29) is 0 Å². The Morgan fingerprint density at radius 3 is 2.69 bits per heavy atom. The number of fused-ring (bicyclic) bond motifs is 1. The van der Waals surface area contributed by atoms with Crippen LogP contribution < -0.4 is 4.57 Å². The molecule has 1 aliphatic rings. The van der Waals surface area contributed by atoms with Crippen LogP contribution in [0.5, 0.6) is 0 Å². The maximum absolute atomic E-state index is 3.36. The molecule has 0 amide bonds. The molecule has 1 saturated carbocycles. The summed E-state index contributed by atoms with van der Waals surface area (Å²) in [6, 6.07) is 9.28. The molecule has 1 fully saturated rings. The Balaban J connectivity index is 1.94. The minimum atomic E-state index is 0.701. The number of nitrogens with one attached hydrogen (secondary N) is 1. The van der Waals surface area contributed by atoms with Crippen LogP contribution in [0.25, 0.3) is 11.0 Å². The number of hydrogen-bond donors (Lipinski definition) is 1. The number of hydrogen-bond acceptors (Lipinski definition) is 0. The van der Waals surface area contributed by atoms with E-state index < -0.39 is 0 Å². The average molecular weight is 215 g/mol. The number of aromatic amines is 1. The quantitative estimate of drug-likeness (QED) is 0.705. The number of nitrogens with zero attached hydrogens (tertiary/aromatic N) is 1. The lowest BCUT2D eigenvalue weighted by Gasteiger charge is -2.23. The molecule has 2 nitrogen and oxygen atoms in total. The summed E-state index contributed by atoms with van der Waals surface area (Å²) in [5, 5.41) is 0. The SMILES string of the molecule is CC1CCC([n+]2c[nH]c3ccccc32)CC1. The normalized spacial score (nSPS) is 26.1. The highest BCUT2D eigenvalue weighted by molar-refractivity contribution is 5.70. The molecule has 1 heterocycles. The van der Waals surface area contributed by atoms with E-state index in [1.54, 1.807) is 0 Å². The second-order valence-corrected chi connectivity index (χ2v) is 5.11. The summed E-state index contributed by atoms with van der Waals surface area (Å²) < 4.78 is 2.43. The lowest BCUT2D eigenvalue weighted by atomic mass is 9.87. The summed E-state index contributed by atoms with van der Waals surface area (Å²) in [5.74, 6) is 0.919. The van der Waals surface area contributed by atoms with Gasteiger partial charge in [0.05, 0.1) is 0 Å². The summed E-state index contributed by atoms with van der Waals surface area (Å²) in [7, 11) is 0. The Morgan fingerprint density at radius 2 is 1.88 bits per heavy atom. The third kappa shape index (κ3) is 1.62. The third-order valence-corrected chi connectivity index (χ3v) is 3.92. The summed E-state index contributed by atoms with van der Waals surface area (Å²) in [6.07, 6.45) is 7.54. The maximum Gasteiger partial charge on any atom is 0.242 e. The molecule has 84 valence electrons. The lowest BCUT2D eigenvalue weighted by Crippen LogP contribution is -2.40. The van der Waals surface area contributed by atoms with Crippen LogP contribution in [0.3, 0.4) is 0 Å². The van der Waals surface area contributed by atoms with Crippen molar-refractivity contribution in [2.75, 3.05) is 0 Å². The molecule has 16 heavy (non-hydrogen) atoms. The highest BCUT2D eigenvalue weighted by Gasteiger charge is 2.24. The second-order valence-electron chi connectivity index (χ2n) is 5.11. The van der Waals surface area contributed by atoms with E-state index in [4.69, 9.17) is 0 Å². The smallest absolute Gasteiger partial charge is 0.242 e. The molecular formula is C14H19N2+. The van der Waals surface area contributed by atoms with E-state index >= 15 is 0 Å². The van der Waals surface area contributed by atoms with E-state index in [2.05, 4.69) is 47.1 Å². The molecule has 1 aromatic carbocycles. The first-order valence-electron chi connectivity index (χ1n) is 6.32. The zero-order valence-electron chi connectivity index (χ0n) is 9.82. The van der Waals surface area contributed by atoms with Crippen LogP contribution in [0.2, 0.25) is 0 Å². The van der Waals surface area contributed by atoms with Gasteiger partial charge in [0.1, 0.15) is 6.04 Å². The molecule has 0 aliphatic heterocycles. The van der Waals surface area contributed by atoms with Gasteiger partial charge in [-0.1, -0.05) is 19.1 Å². The fraction of sp³-hybridized carbons (Fsp3) is 0.500. The monoisotopic (exact) mass is 215 g/mol. The van der Waals surface area contributed by atoms with Crippen molar-refractivity contribution in [3.63, 3.8) is 0 Å². The largest absolute Gasteiger partial charge is 0.243 e. The van der Waals surface area contributed by atoms with Crippen LogP contribution in [0, 0.1) is 5.92 Å². The van der Waals surface area contributed by atoms with Crippen molar-refractivity contribution in [1.82, 2.24) is 4.98 Å². The van der Waals surface area contributed by atoms with Crippen molar-refractivity contribution >= 4 is 11.0 Å². The predicted molar refractivity (Wildman–Crippen MR) is 65.2 cm³/mol. The Bertz CT molecular complexity index is 478. The molecule has 0 bridgehead atoms. The molecule has 1 N–H and O–H groups in total. The Labute approximate surface area is 96.3 Å². The summed E-state index contributed by atoms with van der Waals surface area (Å²) in [4.78, 5) is 3.36. The zero-order valence-corrected chi connectivity index (χ0v) is 9.82. The Hall–Kier alpha value is -1.31. The first-order valence-corrected chi connectivity index (χ1v) is 6.32. The topological polar surface area (TPSA) is 19.7 Å². The lowest BCUT2D eigenvalue weighted by molar-refractivity contribution is -0.701. The van der Waals surface area contributed by atoms with Crippen molar-refractivity contribution < 1.29 is 4.57 Å². The van der Waals surface area contributed by atoms with Crippen molar-refractivity contribution in [2.24, 2.45) is 5.92 Å². The molecule has 0 spiro atoms. The summed E-state index contributed by atoms with van der Waals surface area (Å²) in [6.45, 7) is 2.37. The van der Waals surface area contributed by atoms with Gasteiger partial charge in [-0.3, -0.25) is 0 Å². The maximum atomic E-state index is 3.36. The minimum Gasteiger partial charge on any atom is -0.243 e.